The fourth-order valence-corrected chi connectivity index (χ4v) is 2.52. The summed E-state index contributed by atoms with van der Waals surface area (Å²) in [5.41, 5.74) is 8.39. The zero-order valence-corrected chi connectivity index (χ0v) is 13.7. The molecule has 0 fully saturated rings. The molecule has 0 bridgehead atoms. The van der Waals surface area contributed by atoms with Crippen LogP contribution in [0.1, 0.15) is 38.6 Å². The molecule has 1 aromatic heterocycles. The van der Waals surface area contributed by atoms with Gasteiger partial charge in [-0.05, 0) is 40.2 Å². The molecule has 5 heteroatoms. The lowest BCUT2D eigenvalue weighted by Crippen LogP contribution is -2.38. The van der Waals surface area contributed by atoms with Crippen LogP contribution >= 0.6 is 0 Å². The van der Waals surface area contributed by atoms with Crippen molar-refractivity contribution >= 4 is 5.69 Å². The fraction of sp³-hybridized carbons (Fsp3) is 0.800. The number of nitrogen functional groups attached to an aromatic ring is 1. The van der Waals surface area contributed by atoms with Crippen molar-refractivity contribution in [1.82, 2.24) is 14.7 Å². The summed E-state index contributed by atoms with van der Waals surface area (Å²) in [4.78, 5) is 2.21. The quantitative estimate of drug-likeness (QED) is 0.800. The third kappa shape index (κ3) is 4.49. The second kappa shape index (κ2) is 7.09. The van der Waals surface area contributed by atoms with Crippen LogP contribution in [0.25, 0.3) is 0 Å². The van der Waals surface area contributed by atoms with Gasteiger partial charge in [-0.25, -0.2) is 0 Å². The van der Waals surface area contributed by atoms with E-state index in [1.54, 1.807) is 4.68 Å². The summed E-state index contributed by atoms with van der Waals surface area (Å²) >= 11 is 0. The van der Waals surface area contributed by atoms with Crippen molar-refractivity contribution in [1.29, 1.82) is 0 Å². The van der Waals surface area contributed by atoms with Crippen LogP contribution in [0.15, 0.2) is 0 Å². The van der Waals surface area contributed by atoms with Gasteiger partial charge < -0.3 is 15.7 Å². The molecular formula is C15H30N4O. The maximum Gasteiger partial charge on any atom is 0.0862 e. The Balaban J connectivity index is 2.54. The molecule has 1 heterocycles. The predicted octanol–water partition coefficient (Wildman–Crippen LogP) is 1.81. The second-order valence-electron chi connectivity index (χ2n) is 6.34. The number of anilines is 1. The molecular weight excluding hydrogens is 252 g/mol. The average Bonchev–Trinajstić information content (AvgIpc) is 2.56. The number of hydrogen-bond acceptors (Lipinski definition) is 4. The number of nitrogens with two attached hydrogens (primary N) is 1. The minimum absolute atomic E-state index is 0.438. The van der Waals surface area contributed by atoms with Crippen LogP contribution in [-0.2, 0) is 6.54 Å². The van der Waals surface area contributed by atoms with Crippen molar-refractivity contribution in [3.05, 3.63) is 11.4 Å². The first-order valence-corrected chi connectivity index (χ1v) is 7.40. The van der Waals surface area contributed by atoms with Crippen molar-refractivity contribution in [2.24, 2.45) is 5.92 Å². The Hall–Kier alpha value is -1.07. The van der Waals surface area contributed by atoms with Crippen LogP contribution < -0.4 is 5.73 Å². The van der Waals surface area contributed by atoms with E-state index in [0.29, 0.717) is 25.0 Å². The van der Waals surface area contributed by atoms with Crippen LogP contribution in [0.3, 0.4) is 0 Å². The number of aryl methyl sites for hydroxylation is 1. The molecule has 20 heavy (non-hydrogen) atoms. The zero-order chi connectivity index (χ0) is 15.4. The number of aliphatic hydroxyl groups excluding tert-OH is 1. The van der Waals surface area contributed by atoms with E-state index in [1.807, 2.05) is 13.8 Å². The Morgan fingerprint density at radius 1 is 1.30 bits per heavy atom. The molecule has 1 aromatic rings. The van der Waals surface area contributed by atoms with E-state index in [-0.39, 0.29) is 0 Å². The maximum atomic E-state index is 10.2. The summed E-state index contributed by atoms with van der Waals surface area (Å²) in [6.07, 6.45) is 0.697. The Morgan fingerprint density at radius 2 is 1.90 bits per heavy atom. The monoisotopic (exact) mass is 282 g/mol. The maximum absolute atomic E-state index is 10.2. The molecule has 116 valence electrons. The molecule has 0 aromatic carbocycles. The van der Waals surface area contributed by atoms with E-state index in [9.17, 15) is 5.11 Å². The smallest absolute Gasteiger partial charge is 0.0862 e. The van der Waals surface area contributed by atoms with Crippen molar-refractivity contribution in [2.45, 2.75) is 59.7 Å². The fourth-order valence-electron chi connectivity index (χ4n) is 2.52. The van der Waals surface area contributed by atoms with Gasteiger partial charge in [0.05, 0.1) is 29.7 Å². The number of nitrogens with zero attached hydrogens (tertiary/aromatic N) is 3. The van der Waals surface area contributed by atoms with Crippen molar-refractivity contribution < 1.29 is 5.11 Å². The van der Waals surface area contributed by atoms with Crippen LogP contribution in [-0.4, -0.2) is 45.5 Å². The topological polar surface area (TPSA) is 67.3 Å². The Bertz CT molecular complexity index is 428. The highest BCUT2D eigenvalue weighted by Gasteiger charge is 2.17. The Labute approximate surface area is 122 Å². The van der Waals surface area contributed by atoms with Crippen LogP contribution in [0, 0.1) is 19.8 Å². The first kappa shape index (κ1) is 17.0. The van der Waals surface area contributed by atoms with E-state index in [1.165, 1.54) is 0 Å². The van der Waals surface area contributed by atoms with Crippen LogP contribution in [0.4, 0.5) is 5.69 Å². The van der Waals surface area contributed by atoms with E-state index >= 15 is 0 Å². The zero-order valence-electron chi connectivity index (χ0n) is 13.7. The molecule has 0 aliphatic rings. The molecule has 0 spiro atoms. The van der Waals surface area contributed by atoms with Crippen molar-refractivity contribution in [3.63, 3.8) is 0 Å². The minimum Gasteiger partial charge on any atom is -0.396 e. The van der Waals surface area contributed by atoms with Gasteiger partial charge in [-0.15, -0.1) is 0 Å². The molecule has 0 amide bonds. The lowest BCUT2D eigenvalue weighted by molar-refractivity contribution is 0.0858. The molecule has 5 nitrogen and oxygen atoms in total. The van der Waals surface area contributed by atoms with Crippen LogP contribution in [0.2, 0.25) is 0 Å². The molecule has 2 unspecified atom stereocenters. The van der Waals surface area contributed by atoms with Crippen molar-refractivity contribution in [3.8, 4) is 0 Å². The van der Waals surface area contributed by atoms with E-state index in [0.717, 1.165) is 23.5 Å². The summed E-state index contributed by atoms with van der Waals surface area (Å²) in [6, 6.07) is 0.468. The molecule has 1 rings (SSSR count). The molecule has 0 aliphatic heterocycles. The second-order valence-corrected chi connectivity index (χ2v) is 6.34. The summed E-state index contributed by atoms with van der Waals surface area (Å²) in [5, 5.41) is 14.6. The predicted molar refractivity (Wildman–Crippen MR) is 83.7 cm³/mol. The molecule has 0 radical (unpaired) electrons. The van der Waals surface area contributed by atoms with Gasteiger partial charge in [0.15, 0.2) is 0 Å². The summed E-state index contributed by atoms with van der Waals surface area (Å²) in [6.45, 7) is 11.6. The number of aromatic nitrogens is 2. The van der Waals surface area contributed by atoms with Gasteiger partial charge >= 0.3 is 0 Å². The van der Waals surface area contributed by atoms with Gasteiger partial charge in [-0.3, -0.25) is 4.68 Å². The molecule has 0 saturated heterocycles. The first-order chi connectivity index (χ1) is 9.22. The number of aliphatic hydroxyl groups is 1. The van der Waals surface area contributed by atoms with Gasteiger partial charge in [0.25, 0.3) is 0 Å². The summed E-state index contributed by atoms with van der Waals surface area (Å²) < 4.78 is 1.80. The highest BCUT2D eigenvalue weighted by molar-refractivity contribution is 5.46. The third-order valence-electron chi connectivity index (χ3n) is 3.88. The molecule has 3 N–H and O–H groups in total. The van der Waals surface area contributed by atoms with Crippen LogP contribution in [0.5, 0.6) is 0 Å². The highest BCUT2D eigenvalue weighted by atomic mass is 16.3. The first-order valence-electron chi connectivity index (χ1n) is 7.40. The van der Waals surface area contributed by atoms with Gasteiger partial charge in [-0.1, -0.05) is 13.8 Å². The number of hydrogen-bond donors (Lipinski definition) is 2. The van der Waals surface area contributed by atoms with Crippen molar-refractivity contribution in [2.75, 3.05) is 19.3 Å². The summed E-state index contributed by atoms with van der Waals surface area (Å²) in [5.74, 6) is 0.667. The standard InChI is InChI=1S/C15H30N4O/c1-10(2)7-11(3)18(6)8-14(20)9-19-13(5)15(16)12(4)17-19/h10-11,14,20H,7-9,16H2,1-6H3. The Kier molecular flexibility index (Phi) is 6.02. The minimum atomic E-state index is -0.438. The number of rotatable bonds is 7. The summed E-state index contributed by atoms with van der Waals surface area (Å²) in [7, 11) is 2.06. The average molecular weight is 282 g/mol. The highest BCUT2D eigenvalue weighted by Crippen LogP contribution is 2.15. The van der Waals surface area contributed by atoms with E-state index in [2.05, 4.69) is 37.8 Å². The SMILES string of the molecule is Cc1nn(CC(O)CN(C)C(C)CC(C)C)c(C)c1N. The van der Waals surface area contributed by atoms with Gasteiger partial charge in [0.2, 0.25) is 0 Å². The van der Waals surface area contributed by atoms with Gasteiger partial charge in [0, 0.05) is 12.6 Å². The molecule has 2 atom stereocenters. The lowest BCUT2D eigenvalue weighted by Gasteiger charge is -2.28. The third-order valence-corrected chi connectivity index (χ3v) is 3.88. The molecule has 0 saturated carbocycles. The van der Waals surface area contributed by atoms with Gasteiger partial charge in [0.1, 0.15) is 0 Å². The normalized spacial score (nSPS) is 15.1. The number of likely N-dealkylation sites (N-methyl/N-ethyl adjacent to an activating group) is 1. The Morgan fingerprint density at radius 3 is 2.35 bits per heavy atom. The van der Waals surface area contributed by atoms with E-state index in [4.69, 9.17) is 5.73 Å². The lowest BCUT2D eigenvalue weighted by atomic mass is 10.0. The molecule has 0 aliphatic carbocycles. The van der Waals surface area contributed by atoms with E-state index < -0.39 is 6.10 Å². The largest absolute Gasteiger partial charge is 0.396 e. The van der Waals surface area contributed by atoms with Gasteiger partial charge in [-0.2, -0.15) is 5.10 Å².